The van der Waals surface area contributed by atoms with Crippen LogP contribution in [-0.4, -0.2) is 49.3 Å². The molecule has 1 aliphatic heterocycles. The third kappa shape index (κ3) is 5.59. The Kier molecular flexibility index (Phi) is 7.06. The molecule has 2 aromatic rings. The zero-order valence-electron chi connectivity index (χ0n) is 17.4. The van der Waals surface area contributed by atoms with E-state index < -0.39 is 0 Å². The van der Waals surface area contributed by atoms with Gasteiger partial charge in [0.15, 0.2) is 0 Å². The summed E-state index contributed by atoms with van der Waals surface area (Å²) in [5.41, 5.74) is 2.48. The van der Waals surface area contributed by atoms with Crippen molar-refractivity contribution in [3.8, 4) is 0 Å². The lowest BCUT2D eigenvalue weighted by Gasteiger charge is -2.30. The molecule has 0 radical (unpaired) electrons. The predicted molar refractivity (Wildman–Crippen MR) is 118 cm³/mol. The van der Waals surface area contributed by atoms with Gasteiger partial charge in [0, 0.05) is 42.6 Å². The van der Waals surface area contributed by atoms with Crippen LogP contribution >= 0.6 is 0 Å². The fraction of sp³-hybridized carbons (Fsp3) is 0.348. The van der Waals surface area contributed by atoms with Gasteiger partial charge in [-0.05, 0) is 61.2 Å². The Morgan fingerprint density at radius 2 is 1.67 bits per heavy atom. The van der Waals surface area contributed by atoms with Crippen LogP contribution < -0.4 is 16.0 Å². The zero-order valence-corrected chi connectivity index (χ0v) is 17.4. The SMILES string of the molecule is CNC(=O)c1ccc(NC(=O)CNc2cccc(C(=O)N3CCC(C)CC3)c2)cc1. The van der Waals surface area contributed by atoms with E-state index >= 15 is 0 Å². The molecule has 0 aliphatic carbocycles. The lowest BCUT2D eigenvalue weighted by molar-refractivity contribution is -0.114. The van der Waals surface area contributed by atoms with Crippen molar-refractivity contribution >= 4 is 29.1 Å². The van der Waals surface area contributed by atoms with Crippen LogP contribution in [-0.2, 0) is 4.79 Å². The van der Waals surface area contributed by atoms with Crippen molar-refractivity contribution in [1.82, 2.24) is 10.2 Å². The molecule has 0 atom stereocenters. The molecule has 0 aromatic heterocycles. The van der Waals surface area contributed by atoms with Crippen molar-refractivity contribution in [1.29, 1.82) is 0 Å². The molecule has 0 bridgehead atoms. The molecule has 1 fully saturated rings. The van der Waals surface area contributed by atoms with Crippen LogP contribution in [0.3, 0.4) is 0 Å². The number of benzene rings is 2. The molecule has 7 nitrogen and oxygen atoms in total. The maximum absolute atomic E-state index is 12.7. The molecule has 0 unspecified atom stereocenters. The van der Waals surface area contributed by atoms with E-state index in [1.807, 2.05) is 17.0 Å². The quantitative estimate of drug-likeness (QED) is 0.685. The van der Waals surface area contributed by atoms with Crippen molar-refractivity contribution in [2.45, 2.75) is 19.8 Å². The molecule has 7 heteroatoms. The van der Waals surface area contributed by atoms with E-state index in [0.29, 0.717) is 22.7 Å². The average molecular weight is 409 g/mol. The van der Waals surface area contributed by atoms with E-state index in [1.54, 1.807) is 43.4 Å². The van der Waals surface area contributed by atoms with Gasteiger partial charge in [-0.3, -0.25) is 14.4 Å². The number of hydrogen-bond acceptors (Lipinski definition) is 4. The Hall–Kier alpha value is -3.35. The minimum Gasteiger partial charge on any atom is -0.376 e. The third-order valence-electron chi connectivity index (χ3n) is 5.29. The fourth-order valence-electron chi connectivity index (χ4n) is 3.39. The van der Waals surface area contributed by atoms with Crippen molar-refractivity contribution in [3.05, 3.63) is 59.7 Å². The molecule has 3 N–H and O–H groups in total. The number of rotatable bonds is 6. The lowest BCUT2D eigenvalue weighted by atomic mass is 9.98. The summed E-state index contributed by atoms with van der Waals surface area (Å²) >= 11 is 0. The number of carbonyl (C=O) groups excluding carboxylic acids is 3. The molecule has 1 heterocycles. The number of likely N-dealkylation sites (tertiary alicyclic amines) is 1. The number of carbonyl (C=O) groups is 3. The number of amides is 3. The van der Waals surface area contributed by atoms with Crippen molar-refractivity contribution < 1.29 is 14.4 Å². The van der Waals surface area contributed by atoms with E-state index in [1.165, 1.54) is 0 Å². The lowest BCUT2D eigenvalue weighted by Crippen LogP contribution is -2.37. The monoisotopic (exact) mass is 408 g/mol. The van der Waals surface area contributed by atoms with E-state index in [4.69, 9.17) is 0 Å². The Morgan fingerprint density at radius 1 is 0.967 bits per heavy atom. The minimum absolute atomic E-state index is 0.0335. The highest BCUT2D eigenvalue weighted by atomic mass is 16.2. The first kappa shape index (κ1) is 21.4. The molecule has 1 aliphatic rings. The maximum Gasteiger partial charge on any atom is 0.253 e. The molecule has 0 spiro atoms. The standard InChI is InChI=1S/C23H28N4O3/c1-16-10-12-27(13-11-16)23(30)18-4-3-5-20(14-18)25-15-21(28)26-19-8-6-17(7-9-19)22(29)24-2/h3-9,14,16,25H,10-13,15H2,1-2H3,(H,24,29)(H,26,28). The van der Waals surface area contributed by atoms with E-state index in [0.717, 1.165) is 31.6 Å². The van der Waals surface area contributed by atoms with Gasteiger partial charge in [-0.15, -0.1) is 0 Å². The molecule has 2 aromatic carbocycles. The normalized spacial score (nSPS) is 14.1. The van der Waals surface area contributed by atoms with Gasteiger partial charge in [-0.2, -0.15) is 0 Å². The number of nitrogens with zero attached hydrogens (tertiary/aromatic N) is 1. The third-order valence-corrected chi connectivity index (χ3v) is 5.29. The average Bonchev–Trinajstić information content (AvgIpc) is 2.78. The number of anilines is 2. The van der Waals surface area contributed by atoms with Gasteiger partial charge in [0.2, 0.25) is 5.91 Å². The van der Waals surface area contributed by atoms with E-state index in [2.05, 4.69) is 22.9 Å². The number of nitrogens with one attached hydrogen (secondary N) is 3. The second-order valence-corrected chi connectivity index (χ2v) is 7.61. The van der Waals surface area contributed by atoms with Gasteiger partial charge >= 0.3 is 0 Å². The molecule has 30 heavy (non-hydrogen) atoms. The van der Waals surface area contributed by atoms with Crippen LogP contribution in [0.4, 0.5) is 11.4 Å². The molecule has 3 rings (SSSR count). The van der Waals surface area contributed by atoms with Crippen LogP contribution in [0.15, 0.2) is 48.5 Å². The summed E-state index contributed by atoms with van der Waals surface area (Å²) in [6, 6.07) is 13.9. The largest absolute Gasteiger partial charge is 0.376 e. The summed E-state index contributed by atoms with van der Waals surface area (Å²) in [5.74, 6) is 0.305. The van der Waals surface area contributed by atoms with Crippen molar-refractivity contribution in [2.24, 2.45) is 5.92 Å². The smallest absolute Gasteiger partial charge is 0.253 e. The first-order valence-corrected chi connectivity index (χ1v) is 10.2. The topological polar surface area (TPSA) is 90.5 Å². The molecule has 3 amide bonds. The Labute approximate surface area is 176 Å². The summed E-state index contributed by atoms with van der Waals surface area (Å²) in [5, 5.41) is 8.39. The number of hydrogen-bond donors (Lipinski definition) is 3. The second-order valence-electron chi connectivity index (χ2n) is 7.61. The molecular formula is C23H28N4O3. The minimum atomic E-state index is -0.218. The molecular weight excluding hydrogens is 380 g/mol. The van der Waals surface area contributed by atoms with Gasteiger partial charge in [0.25, 0.3) is 11.8 Å². The molecule has 158 valence electrons. The van der Waals surface area contributed by atoms with Crippen molar-refractivity contribution in [3.63, 3.8) is 0 Å². The Morgan fingerprint density at radius 3 is 2.33 bits per heavy atom. The highest BCUT2D eigenvalue weighted by molar-refractivity contribution is 5.97. The summed E-state index contributed by atoms with van der Waals surface area (Å²) in [4.78, 5) is 38.4. The van der Waals surface area contributed by atoms with Gasteiger partial charge < -0.3 is 20.9 Å². The Bertz CT molecular complexity index is 903. The van der Waals surface area contributed by atoms with Crippen LogP contribution in [0.1, 0.15) is 40.5 Å². The summed E-state index contributed by atoms with van der Waals surface area (Å²) in [7, 11) is 1.57. The summed E-state index contributed by atoms with van der Waals surface area (Å²) in [6.45, 7) is 3.86. The van der Waals surface area contributed by atoms with Gasteiger partial charge in [0.05, 0.1) is 6.54 Å². The van der Waals surface area contributed by atoms with Crippen LogP contribution in [0.5, 0.6) is 0 Å². The van der Waals surface area contributed by atoms with E-state index in [9.17, 15) is 14.4 Å². The maximum atomic E-state index is 12.7. The van der Waals surface area contributed by atoms with Crippen LogP contribution in [0.25, 0.3) is 0 Å². The van der Waals surface area contributed by atoms with Gasteiger partial charge in [-0.25, -0.2) is 0 Å². The predicted octanol–water partition coefficient (Wildman–Crippen LogP) is 2.97. The van der Waals surface area contributed by atoms with Crippen LogP contribution in [0, 0.1) is 5.92 Å². The molecule has 1 saturated heterocycles. The number of piperidine rings is 1. The fourth-order valence-corrected chi connectivity index (χ4v) is 3.39. The van der Waals surface area contributed by atoms with Gasteiger partial charge in [-0.1, -0.05) is 13.0 Å². The highest BCUT2D eigenvalue weighted by Crippen LogP contribution is 2.19. The first-order valence-electron chi connectivity index (χ1n) is 10.2. The second kappa shape index (κ2) is 9.91. The Balaban J connectivity index is 1.53. The zero-order chi connectivity index (χ0) is 21.5. The summed E-state index contributed by atoms with van der Waals surface area (Å²) in [6.07, 6.45) is 2.07. The molecule has 0 saturated carbocycles. The highest BCUT2D eigenvalue weighted by Gasteiger charge is 2.21. The van der Waals surface area contributed by atoms with E-state index in [-0.39, 0.29) is 24.3 Å². The first-order chi connectivity index (χ1) is 14.5. The van der Waals surface area contributed by atoms with Crippen LogP contribution in [0.2, 0.25) is 0 Å². The summed E-state index contributed by atoms with van der Waals surface area (Å²) < 4.78 is 0. The van der Waals surface area contributed by atoms with Gasteiger partial charge in [0.1, 0.15) is 0 Å². The van der Waals surface area contributed by atoms with Crippen molar-refractivity contribution in [2.75, 3.05) is 37.3 Å².